The first-order valence-corrected chi connectivity index (χ1v) is 3.43. The molecule has 1 nitrogen and oxygen atoms in total. The van der Waals surface area contributed by atoms with Gasteiger partial charge in [0, 0.05) is 0 Å². The van der Waals surface area contributed by atoms with Crippen LogP contribution in [0.5, 0.6) is 0 Å². The minimum Gasteiger partial charge on any atom is -0.504 e. The number of hydrogen-bond acceptors (Lipinski definition) is 1. The summed E-state index contributed by atoms with van der Waals surface area (Å²) in [7, 11) is 1.63. The molecule has 0 aromatic carbocycles. The first-order valence-electron chi connectivity index (χ1n) is 3.43. The predicted molar refractivity (Wildman–Crippen MR) is 44.7 cm³/mol. The zero-order valence-corrected chi connectivity index (χ0v) is 6.58. The van der Waals surface area contributed by atoms with Crippen molar-refractivity contribution in [1.82, 2.24) is 0 Å². The lowest BCUT2D eigenvalue weighted by Crippen LogP contribution is -1.60. The van der Waals surface area contributed by atoms with Gasteiger partial charge in [-0.25, -0.2) is 0 Å². The molecule has 0 bridgehead atoms. The lowest BCUT2D eigenvalue weighted by atomic mass is 10.4. The number of hydrogen-bond donors (Lipinski definition) is 0. The summed E-state index contributed by atoms with van der Waals surface area (Å²) in [4.78, 5) is 0. The quantitative estimate of drug-likeness (QED) is 0.428. The molecule has 0 aliphatic rings. The molecule has 0 amide bonds. The van der Waals surface area contributed by atoms with E-state index in [2.05, 4.69) is 13.0 Å². The highest BCUT2D eigenvalue weighted by Crippen LogP contribution is 1.82. The number of rotatable bonds is 4. The van der Waals surface area contributed by atoms with E-state index in [0.29, 0.717) is 0 Å². The maximum absolute atomic E-state index is 4.69. The van der Waals surface area contributed by atoms with E-state index in [1.165, 1.54) is 0 Å². The van der Waals surface area contributed by atoms with Gasteiger partial charge in [0.1, 0.15) is 0 Å². The van der Waals surface area contributed by atoms with Gasteiger partial charge in [0.05, 0.1) is 13.4 Å². The molecule has 0 saturated heterocycles. The summed E-state index contributed by atoms with van der Waals surface area (Å²) < 4.78 is 4.69. The Morgan fingerprint density at radius 3 is 2.40 bits per heavy atom. The number of methoxy groups -OCH3 is 1. The van der Waals surface area contributed by atoms with Crippen LogP contribution in [-0.4, -0.2) is 7.11 Å². The summed E-state index contributed by atoms with van der Waals surface area (Å²) in [5.41, 5.74) is 0. The van der Waals surface area contributed by atoms with Crippen molar-refractivity contribution < 1.29 is 4.74 Å². The topological polar surface area (TPSA) is 9.23 Å². The third-order valence-corrected chi connectivity index (χ3v) is 0.920. The zero-order valence-electron chi connectivity index (χ0n) is 6.58. The highest BCUT2D eigenvalue weighted by molar-refractivity contribution is 5.09. The van der Waals surface area contributed by atoms with Gasteiger partial charge in [0.25, 0.3) is 0 Å². The summed E-state index contributed by atoms with van der Waals surface area (Å²) in [5, 5.41) is 0. The van der Waals surface area contributed by atoms with Crippen molar-refractivity contribution in [3.8, 4) is 0 Å². The van der Waals surface area contributed by atoms with Crippen molar-refractivity contribution in [2.45, 2.75) is 13.3 Å². The Balaban J connectivity index is 3.37. The molecule has 0 aliphatic carbocycles. The van der Waals surface area contributed by atoms with Crippen molar-refractivity contribution in [1.29, 1.82) is 0 Å². The van der Waals surface area contributed by atoms with Gasteiger partial charge < -0.3 is 4.74 Å². The van der Waals surface area contributed by atoms with Crippen LogP contribution in [0.25, 0.3) is 0 Å². The van der Waals surface area contributed by atoms with Crippen LogP contribution in [0.4, 0.5) is 0 Å². The molecule has 0 heterocycles. The van der Waals surface area contributed by atoms with E-state index in [0.717, 1.165) is 6.42 Å². The molecule has 1 heteroatoms. The average Bonchev–Trinajstić information content (AvgIpc) is 1.97. The molecule has 0 N–H and O–H groups in total. The van der Waals surface area contributed by atoms with E-state index < -0.39 is 0 Å². The summed E-state index contributed by atoms with van der Waals surface area (Å²) >= 11 is 0. The SMILES string of the molecule is CCC=CC=CC=COC. The van der Waals surface area contributed by atoms with Crippen LogP contribution in [0.15, 0.2) is 36.6 Å². The van der Waals surface area contributed by atoms with E-state index in [1.807, 2.05) is 24.3 Å². The van der Waals surface area contributed by atoms with Gasteiger partial charge in [0.15, 0.2) is 0 Å². The maximum Gasteiger partial charge on any atom is 0.0824 e. The Morgan fingerprint density at radius 2 is 1.80 bits per heavy atom. The van der Waals surface area contributed by atoms with Crippen LogP contribution in [-0.2, 0) is 4.74 Å². The fourth-order valence-corrected chi connectivity index (χ4v) is 0.467. The summed E-state index contributed by atoms with van der Waals surface area (Å²) in [6.07, 6.45) is 12.6. The molecule has 0 unspecified atom stereocenters. The molecular weight excluding hydrogens is 124 g/mol. The molecule has 0 saturated carbocycles. The van der Waals surface area contributed by atoms with E-state index >= 15 is 0 Å². The Hall–Kier alpha value is -0.980. The molecule has 56 valence electrons. The van der Waals surface area contributed by atoms with Crippen molar-refractivity contribution >= 4 is 0 Å². The lowest BCUT2D eigenvalue weighted by molar-refractivity contribution is 0.338. The largest absolute Gasteiger partial charge is 0.504 e. The highest BCUT2D eigenvalue weighted by atomic mass is 16.5. The van der Waals surface area contributed by atoms with Crippen LogP contribution in [0.2, 0.25) is 0 Å². The third kappa shape index (κ3) is 7.02. The highest BCUT2D eigenvalue weighted by Gasteiger charge is 1.62. The maximum atomic E-state index is 4.69. The molecule has 0 aliphatic heterocycles. The molecule has 0 spiro atoms. The Labute approximate surface area is 62.7 Å². The fraction of sp³-hybridized carbons (Fsp3) is 0.333. The van der Waals surface area contributed by atoms with Gasteiger partial charge in [-0.3, -0.25) is 0 Å². The Kier molecular flexibility index (Phi) is 7.23. The third-order valence-electron chi connectivity index (χ3n) is 0.920. The molecule has 0 aromatic heterocycles. The molecule has 10 heavy (non-hydrogen) atoms. The molecular formula is C9H14O. The number of ether oxygens (including phenoxy) is 1. The number of allylic oxidation sites excluding steroid dienone is 5. The van der Waals surface area contributed by atoms with Crippen molar-refractivity contribution in [2.75, 3.05) is 7.11 Å². The van der Waals surface area contributed by atoms with Gasteiger partial charge in [-0.2, -0.15) is 0 Å². The van der Waals surface area contributed by atoms with E-state index in [-0.39, 0.29) is 0 Å². The summed E-state index contributed by atoms with van der Waals surface area (Å²) in [5.74, 6) is 0. The van der Waals surface area contributed by atoms with Crippen LogP contribution in [0.3, 0.4) is 0 Å². The second-order valence-electron chi connectivity index (χ2n) is 1.79. The molecule has 0 rings (SSSR count). The van der Waals surface area contributed by atoms with Crippen LogP contribution in [0, 0.1) is 0 Å². The van der Waals surface area contributed by atoms with E-state index in [4.69, 9.17) is 4.74 Å². The zero-order chi connectivity index (χ0) is 7.66. The smallest absolute Gasteiger partial charge is 0.0824 e. The van der Waals surface area contributed by atoms with Gasteiger partial charge in [-0.1, -0.05) is 31.2 Å². The van der Waals surface area contributed by atoms with Gasteiger partial charge >= 0.3 is 0 Å². The van der Waals surface area contributed by atoms with Gasteiger partial charge in [-0.05, 0) is 12.5 Å². The lowest BCUT2D eigenvalue weighted by Gasteiger charge is -1.79. The van der Waals surface area contributed by atoms with Crippen molar-refractivity contribution in [3.05, 3.63) is 36.6 Å². The summed E-state index contributed by atoms with van der Waals surface area (Å²) in [6, 6.07) is 0. The minimum atomic E-state index is 1.08. The van der Waals surface area contributed by atoms with Gasteiger partial charge in [-0.15, -0.1) is 0 Å². The van der Waals surface area contributed by atoms with Crippen molar-refractivity contribution in [3.63, 3.8) is 0 Å². The molecule has 0 atom stereocenters. The normalized spacial score (nSPS) is 12.2. The standard InChI is InChI=1S/C9H14O/c1-3-4-5-6-7-8-9-10-2/h4-9H,3H2,1-2H3. The van der Waals surface area contributed by atoms with Crippen molar-refractivity contribution in [2.24, 2.45) is 0 Å². The summed E-state index contributed by atoms with van der Waals surface area (Å²) in [6.45, 7) is 2.11. The second-order valence-corrected chi connectivity index (χ2v) is 1.79. The second kappa shape index (κ2) is 8.02. The Bertz CT molecular complexity index is 116. The van der Waals surface area contributed by atoms with Gasteiger partial charge in [0.2, 0.25) is 0 Å². The van der Waals surface area contributed by atoms with E-state index in [9.17, 15) is 0 Å². The minimum absolute atomic E-state index is 1.08. The van der Waals surface area contributed by atoms with E-state index in [1.54, 1.807) is 13.4 Å². The Morgan fingerprint density at radius 1 is 1.10 bits per heavy atom. The molecule has 0 aromatic rings. The fourth-order valence-electron chi connectivity index (χ4n) is 0.467. The average molecular weight is 138 g/mol. The monoisotopic (exact) mass is 138 g/mol. The first kappa shape index (κ1) is 9.02. The predicted octanol–water partition coefficient (Wildman–Crippen LogP) is 2.67. The molecule has 0 radical (unpaired) electrons. The molecule has 0 fully saturated rings. The van der Waals surface area contributed by atoms with Crippen LogP contribution >= 0.6 is 0 Å². The van der Waals surface area contributed by atoms with Crippen LogP contribution < -0.4 is 0 Å². The first-order chi connectivity index (χ1) is 4.91. The van der Waals surface area contributed by atoms with Crippen LogP contribution in [0.1, 0.15) is 13.3 Å².